The zero-order chi connectivity index (χ0) is 13.7. The van der Waals surface area contributed by atoms with E-state index >= 15 is 0 Å². The minimum Gasteiger partial charge on any atom is -0.0914 e. The van der Waals surface area contributed by atoms with Crippen LogP contribution in [0.15, 0.2) is 21.6 Å². The summed E-state index contributed by atoms with van der Waals surface area (Å²) in [6.45, 7) is 2.16. The van der Waals surface area contributed by atoms with Crippen LogP contribution >= 0.6 is 31.9 Å². The van der Waals surface area contributed by atoms with Gasteiger partial charge in [-0.3, -0.25) is 0 Å². The SMILES string of the molecule is C/C=C/[C@H]1CC[C@H]([C@H]2CC[C@H](C=C(Br)Br)CC2)CC1. The molecule has 0 spiro atoms. The van der Waals surface area contributed by atoms with Crippen LogP contribution in [-0.2, 0) is 0 Å². The normalized spacial score (nSPS) is 36.4. The molecule has 2 aliphatic carbocycles. The quantitative estimate of drug-likeness (QED) is 0.465. The molecule has 0 amide bonds. The van der Waals surface area contributed by atoms with Crippen LogP contribution in [0.4, 0.5) is 0 Å². The molecule has 0 atom stereocenters. The molecule has 0 N–H and O–H groups in total. The van der Waals surface area contributed by atoms with Crippen molar-refractivity contribution in [1.29, 1.82) is 0 Å². The molecular weight excluding hydrogens is 364 g/mol. The fourth-order valence-corrected chi connectivity index (χ4v) is 4.79. The maximum Gasteiger partial charge on any atom is 0.0567 e. The lowest BCUT2D eigenvalue weighted by atomic mass is 9.69. The molecule has 0 radical (unpaired) electrons. The maximum absolute atomic E-state index is 3.49. The van der Waals surface area contributed by atoms with E-state index in [1.54, 1.807) is 0 Å². The van der Waals surface area contributed by atoms with Crippen LogP contribution in [-0.4, -0.2) is 0 Å². The van der Waals surface area contributed by atoms with Crippen molar-refractivity contribution >= 4 is 31.9 Å². The zero-order valence-electron chi connectivity index (χ0n) is 12.0. The first-order chi connectivity index (χ1) is 9.19. The Balaban J connectivity index is 1.75. The van der Waals surface area contributed by atoms with E-state index in [2.05, 4.69) is 57.0 Å². The van der Waals surface area contributed by atoms with Crippen molar-refractivity contribution in [3.63, 3.8) is 0 Å². The van der Waals surface area contributed by atoms with Crippen molar-refractivity contribution in [2.75, 3.05) is 0 Å². The average Bonchev–Trinajstić information content (AvgIpc) is 2.40. The fraction of sp³-hybridized carbons (Fsp3) is 0.765. The van der Waals surface area contributed by atoms with Gasteiger partial charge in [0.1, 0.15) is 0 Å². The third-order valence-corrected chi connectivity index (χ3v) is 5.65. The van der Waals surface area contributed by atoms with E-state index in [1.807, 2.05) is 0 Å². The molecule has 0 aromatic heterocycles. The summed E-state index contributed by atoms with van der Waals surface area (Å²) in [5, 5.41) is 0. The third-order valence-electron chi connectivity index (χ3n) is 5.13. The second kappa shape index (κ2) is 8.02. The van der Waals surface area contributed by atoms with Gasteiger partial charge in [0.25, 0.3) is 0 Å². The summed E-state index contributed by atoms with van der Waals surface area (Å²) in [5.41, 5.74) is 0. The summed E-state index contributed by atoms with van der Waals surface area (Å²) in [6.07, 6.45) is 18.5. The molecule has 0 aromatic rings. The summed E-state index contributed by atoms with van der Waals surface area (Å²) in [6, 6.07) is 0. The van der Waals surface area contributed by atoms with Crippen molar-refractivity contribution in [3.05, 3.63) is 21.6 Å². The van der Waals surface area contributed by atoms with Crippen LogP contribution in [0.2, 0.25) is 0 Å². The molecule has 108 valence electrons. The minimum absolute atomic E-state index is 0.796. The average molecular weight is 390 g/mol. The van der Waals surface area contributed by atoms with Gasteiger partial charge in [0.05, 0.1) is 3.39 Å². The highest BCUT2D eigenvalue weighted by molar-refractivity contribution is 9.28. The lowest BCUT2D eigenvalue weighted by Gasteiger charge is -2.36. The lowest BCUT2D eigenvalue weighted by Crippen LogP contribution is -2.25. The number of rotatable bonds is 3. The van der Waals surface area contributed by atoms with Gasteiger partial charge in [-0.15, -0.1) is 0 Å². The Hall–Kier alpha value is 0.440. The van der Waals surface area contributed by atoms with Crippen LogP contribution in [0.3, 0.4) is 0 Å². The molecule has 2 heteroatoms. The Bertz CT molecular complexity index is 312. The van der Waals surface area contributed by atoms with E-state index in [0.717, 1.165) is 27.1 Å². The summed E-state index contributed by atoms with van der Waals surface area (Å²) in [5.74, 6) is 3.72. The lowest BCUT2D eigenvalue weighted by molar-refractivity contribution is 0.166. The first kappa shape index (κ1) is 15.8. The fourth-order valence-electron chi connectivity index (χ4n) is 4.04. The number of halogens is 2. The van der Waals surface area contributed by atoms with E-state index in [9.17, 15) is 0 Å². The first-order valence-corrected chi connectivity index (χ1v) is 9.43. The molecule has 2 fully saturated rings. The van der Waals surface area contributed by atoms with Crippen LogP contribution in [0.5, 0.6) is 0 Å². The summed E-state index contributed by atoms with van der Waals surface area (Å²) < 4.78 is 1.13. The molecule has 2 aliphatic rings. The Morgan fingerprint density at radius 3 is 1.68 bits per heavy atom. The summed E-state index contributed by atoms with van der Waals surface area (Å²) >= 11 is 6.99. The number of hydrogen-bond donors (Lipinski definition) is 0. The Morgan fingerprint density at radius 1 is 0.789 bits per heavy atom. The second-order valence-electron chi connectivity index (χ2n) is 6.33. The highest BCUT2D eigenvalue weighted by Gasteiger charge is 2.29. The largest absolute Gasteiger partial charge is 0.0914 e. The molecule has 0 nitrogen and oxygen atoms in total. The van der Waals surface area contributed by atoms with Gasteiger partial charge in [-0.1, -0.05) is 18.2 Å². The van der Waals surface area contributed by atoms with Crippen LogP contribution < -0.4 is 0 Å². The standard InChI is InChI=1S/C17H26Br2/c1-2-3-13-4-8-15(9-5-13)16-10-6-14(7-11-16)12-17(18)19/h2-3,12-16H,4-11H2,1H3/b3-2+/t13-,14-,15-,16-. The van der Waals surface area contributed by atoms with Gasteiger partial charge < -0.3 is 0 Å². The number of allylic oxidation sites excluding steroid dienone is 3. The molecule has 0 saturated heterocycles. The van der Waals surface area contributed by atoms with Gasteiger partial charge in [-0.2, -0.15) is 0 Å². The Kier molecular flexibility index (Phi) is 6.68. The molecular formula is C17H26Br2. The van der Waals surface area contributed by atoms with Crippen LogP contribution in [0.1, 0.15) is 58.3 Å². The molecule has 19 heavy (non-hydrogen) atoms. The van der Waals surface area contributed by atoms with Crippen molar-refractivity contribution in [2.24, 2.45) is 23.7 Å². The van der Waals surface area contributed by atoms with Gasteiger partial charge in [0.15, 0.2) is 0 Å². The molecule has 0 aliphatic heterocycles. The van der Waals surface area contributed by atoms with Crippen molar-refractivity contribution in [2.45, 2.75) is 58.3 Å². The van der Waals surface area contributed by atoms with Crippen molar-refractivity contribution < 1.29 is 0 Å². The molecule has 0 heterocycles. The van der Waals surface area contributed by atoms with Crippen LogP contribution in [0.25, 0.3) is 0 Å². The van der Waals surface area contributed by atoms with Crippen molar-refractivity contribution in [1.82, 2.24) is 0 Å². The third kappa shape index (κ3) is 5.04. The summed E-state index contributed by atoms with van der Waals surface area (Å²) in [7, 11) is 0. The smallest absolute Gasteiger partial charge is 0.0567 e. The number of hydrogen-bond acceptors (Lipinski definition) is 0. The highest BCUT2D eigenvalue weighted by atomic mass is 79.9. The van der Waals surface area contributed by atoms with Gasteiger partial charge in [-0.05, 0) is 114 Å². The topological polar surface area (TPSA) is 0 Å². The van der Waals surface area contributed by atoms with Gasteiger partial charge in [-0.25, -0.2) is 0 Å². The maximum atomic E-state index is 3.49. The predicted octanol–water partition coefficient (Wildman–Crippen LogP) is 6.81. The minimum atomic E-state index is 0.796. The van der Waals surface area contributed by atoms with E-state index in [1.165, 1.54) is 51.4 Å². The first-order valence-electron chi connectivity index (χ1n) is 7.84. The monoisotopic (exact) mass is 388 g/mol. The Morgan fingerprint density at radius 2 is 1.26 bits per heavy atom. The van der Waals surface area contributed by atoms with Crippen LogP contribution in [0, 0.1) is 23.7 Å². The molecule has 0 unspecified atom stereocenters. The molecule has 2 rings (SSSR count). The predicted molar refractivity (Wildman–Crippen MR) is 91.6 cm³/mol. The zero-order valence-corrected chi connectivity index (χ0v) is 15.1. The highest BCUT2D eigenvalue weighted by Crippen LogP contribution is 2.42. The van der Waals surface area contributed by atoms with Gasteiger partial charge in [0.2, 0.25) is 0 Å². The Labute approximate surface area is 135 Å². The van der Waals surface area contributed by atoms with Crippen molar-refractivity contribution in [3.8, 4) is 0 Å². The summed E-state index contributed by atoms with van der Waals surface area (Å²) in [4.78, 5) is 0. The molecule has 0 aromatic carbocycles. The van der Waals surface area contributed by atoms with E-state index in [4.69, 9.17) is 0 Å². The van der Waals surface area contributed by atoms with E-state index < -0.39 is 0 Å². The van der Waals surface area contributed by atoms with E-state index in [0.29, 0.717) is 0 Å². The van der Waals surface area contributed by atoms with Gasteiger partial charge in [0, 0.05) is 0 Å². The molecule has 0 bridgehead atoms. The van der Waals surface area contributed by atoms with Gasteiger partial charge >= 0.3 is 0 Å². The molecule has 2 saturated carbocycles. The second-order valence-corrected chi connectivity index (χ2v) is 9.10. The van der Waals surface area contributed by atoms with E-state index in [-0.39, 0.29) is 0 Å².